The summed E-state index contributed by atoms with van der Waals surface area (Å²) in [6.07, 6.45) is 11.4. The smallest absolute Gasteiger partial charge is 0.225 e. The first-order chi connectivity index (χ1) is 23.9. The highest BCUT2D eigenvalue weighted by Crippen LogP contribution is 2.41. The number of carbonyl (C=O) groups excluding carboxylic acids is 1. The van der Waals surface area contributed by atoms with Crippen molar-refractivity contribution in [2.75, 3.05) is 66.2 Å². The number of hydrogen-bond donors (Lipinski definition) is 3. The van der Waals surface area contributed by atoms with Gasteiger partial charge < -0.3 is 30.1 Å². The number of thiol groups is 1. The summed E-state index contributed by atoms with van der Waals surface area (Å²) in [6.45, 7) is 4.18. The fourth-order valence-corrected chi connectivity index (χ4v) is 7.16. The highest BCUT2D eigenvalue weighted by molar-refractivity contribution is 7.80. The molecule has 1 aromatic heterocycles. The number of carbonyl (C=O) groups is 1. The average Bonchev–Trinajstić information content (AvgIpc) is 3.84. The minimum atomic E-state index is -0.650. The second kappa shape index (κ2) is 14.7. The minimum absolute atomic E-state index is 0.128. The van der Waals surface area contributed by atoms with E-state index in [2.05, 4.69) is 60.3 Å². The second-order valence-corrected chi connectivity index (χ2v) is 13.3. The summed E-state index contributed by atoms with van der Waals surface area (Å²) < 4.78 is 33.9. The molecule has 2 N–H and O–H groups in total. The summed E-state index contributed by atoms with van der Waals surface area (Å²) >= 11 is 4.26. The first kappa shape index (κ1) is 33.2. The van der Waals surface area contributed by atoms with Gasteiger partial charge in [-0.15, -0.1) is 0 Å². The van der Waals surface area contributed by atoms with E-state index in [1.165, 1.54) is 31.3 Å². The molecule has 0 spiro atoms. The van der Waals surface area contributed by atoms with Crippen LogP contribution in [0.25, 0.3) is 0 Å². The summed E-state index contributed by atoms with van der Waals surface area (Å²) in [5.41, 5.74) is 2.61. The van der Waals surface area contributed by atoms with Crippen LogP contribution in [0.2, 0.25) is 0 Å². The molecular formula is C35H42F2N8O3S. The third kappa shape index (κ3) is 7.64. The molecule has 1 atom stereocenters. The van der Waals surface area contributed by atoms with Gasteiger partial charge in [0.15, 0.2) is 5.82 Å². The normalized spacial score (nSPS) is 19.8. The first-order valence-electron chi connectivity index (χ1n) is 16.9. The van der Waals surface area contributed by atoms with Crippen LogP contribution >= 0.6 is 12.6 Å². The van der Waals surface area contributed by atoms with Gasteiger partial charge >= 0.3 is 0 Å². The standard InChI is InChI=1S/C35H42F2N8O3S/c1-47-32-20-31(44-8-4-27(5-9-44)43-12-10-42(11-13-43)26-2-3-26)28(41-35(46)7-15-49)19-29(32)40-33-21-34(39-22-38-33)45-30(6-14-48-45)23-16-24(36)18-25(37)17-23/h10,12,16-22,26-27,30,49H,2-9,11,13-15H2,1H3,(H,41,46)(H,38,39,40)/t30-/m1/s1. The molecular weight excluding hydrogens is 651 g/mol. The molecule has 1 saturated carbocycles. The van der Waals surface area contributed by atoms with E-state index in [1.807, 2.05) is 12.1 Å². The van der Waals surface area contributed by atoms with Crippen molar-refractivity contribution < 1.29 is 23.1 Å². The van der Waals surface area contributed by atoms with Crippen LogP contribution in [0.1, 0.15) is 50.1 Å². The van der Waals surface area contributed by atoms with E-state index in [-0.39, 0.29) is 12.3 Å². The molecule has 4 heterocycles. The van der Waals surface area contributed by atoms with Crippen LogP contribution in [0.15, 0.2) is 55.1 Å². The zero-order valence-corrected chi connectivity index (χ0v) is 28.4. The van der Waals surface area contributed by atoms with Crippen molar-refractivity contribution >= 4 is 47.2 Å². The molecule has 2 saturated heterocycles. The van der Waals surface area contributed by atoms with Crippen LogP contribution in [0.4, 0.5) is 37.5 Å². The van der Waals surface area contributed by atoms with Crippen molar-refractivity contribution in [2.45, 2.75) is 56.7 Å². The number of amides is 1. The third-order valence-electron chi connectivity index (χ3n) is 9.60. The Morgan fingerprint density at radius 2 is 1.63 bits per heavy atom. The van der Waals surface area contributed by atoms with Crippen molar-refractivity contribution in [1.29, 1.82) is 0 Å². The number of piperidine rings is 1. The van der Waals surface area contributed by atoms with Gasteiger partial charge in [0, 0.05) is 81.7 Å². The quantitative estimate of drug-likeness (QED) is 0.212. The number of aromatic nitrogens is 2. The molecule has 3 aliphatic heterocycles. The molecule has 4 aliphatic rings. The Bertz CT molecular complexity index is 1670. The lowest BCUT2D eigenvalue weighted by Crippen LogP contribution is -2.47. The molecule has 1 amide bonds. The maximum atomic E-state index is 14.0. The van der Waals surface area contributed by atoms with Crippen molar-refractivity contribution in [1.82, 2.24) is 19.8 Å². The van der Waals surface area contributed by atoms with E-state index in [0.29, 0.717) is 59.1 Å². The van der Waals surface area contributed by atoms with Crippen molar-refractivity contribution in [3.05, 3.63) is 72.3 Å². The number of anilines is 5. The fourth-order valence-electron chi connectivity index (χ4n) is 6.96. The second-order valence-electron chi connectivity index (χ2n) is 12.9. The van der Waals surface area contributed by atoms with E-state index in [0.717, 1.165) is 56.8 Å². The van der Waals surface area contributed by atoms with Gasteiger partial charge in [-0.3, -0.25) is 9.63 Å². The van der Waals surface area contributed by atoms with Crippen LogP contribution in [-0.4, -0.2) is 83.4 Å². The molecule has 0 bridgehead atoms. The number of rotatable bonds is 11. The molecule has 0 unspecified atom stereocenters. The van der Waals surface area contributed by atoms with E-state index in [9.17, 15) is 13.6 Å². The number of hydrogen-bond acceptors (Lipinski definition) is 11. The Balaban J connectivity index is 1.10. The lowest BCUT2D eigenvalue weighted by Gasteiger charge is -2.42. The third-order valence-corrected chi connectivity index (χ3v) is 9.83. The molecule has 49 heavy (non-hydrogen) atoms. The predicted molar refractivity (Wildman–Crippen MR) is 188 cm³/mol. The van der Waals surface area contributed by atoms with Gasteiger partial charge in [-0.05, 0) is 55.2 Å². The Morgan fingerprint density at radius 1 is 0.918 bits per heavy atom. The Hall–Kier alpha value is -4.30. The molecule has 11 nitrogen and oxygen atoms in total. The Labute approximate surface area is 290 Å². The highest BCUT2D eigenvalue weighted by atomic mass is 32.1. The average molecular weight is 693 g/mol. The van der Waals surface area contributed by atoms with Crippen molar-refractivity contribution in [3.8, 4) is 5.75 Å². The minimum Gasteiger partial charge on any atom is -0.494 e. The molecule has 260 valence electrons. The topological polar surface area (TPSA) is 98.3 Å². The number of benzene rings is 2. The monoisotopic (exact) mass is 692 g/mol. The summed E-state index contributed by atoms with van der Waals surface area (Å²) in [5, 5.41) is 7.97. The van der Waals surface area contributed by atoms with E-state index in [4.69, 9.17) is 9.57 Å². The van der Waals surface area contributed by atoms with Crippen LogP contribution in [0.3, 0.4) is 0 Å². The van der Waals surface area contributed by atoms with Crippen LogP contribution < -0.4 is 25.3 Å². The maximum absolute atomic E-state index is 14.0. The zero-order valence-electron chi connectivity index (χ0n) is 27.5. The first-order valence-corrected chi connectivity index (χ1v) is 17.6. The molecule has 3 fully saturated rings. The van der Waals surface area contributed by atoms with Crippen LogP contribution in [-0.2, 0) is 9.63 Å². The van der Waals surface area contributed by atoms with Gasteiger partial charge in [0.2, 0.25) is 5.91 Å². The molecule has 2 aromatic carbocycles. The number of nitrogens with one attached hydrogen (secondary N) is 2. The van der Waals surface area contributed by atoms with Gasteiger partial charge in [0.05, 0.1) is 36.8 Å². The molecule has 3 aromatic rings. The number of ether oxygens (including phenoxy) is 1. The maximum Gasteiger partial charge on any atom is 0.225 e. The summed E-state index contributed by atoms with van der Waals surface area (Å²) in [6, 6.07) is 9.77. The van der Waals surface area contributed by atoms with Gasteiger partial charge in [-0.2, -0.15) is 12.6 Å². The van der Waals surface area contributed by atoms with Crippen LogP contribution in [0, 0.1) is 11.6 Å². The molecule has 1 aliphatic carbocycles. The van der Waals surface area contributed by atoms with Gasteiger partial charge in [0.25, 0.3) is 0 Å². The lowest BCUT2D eigenvalue weighted by atomic mass is 10.0. The van der Waals surface area contributed by atoms with Gasteiger partial charge in [-0.1, -0.05) is 0 Å². The fraction of sp³-hybridized carbons (Fsp3) is 0.457. The van der Waals surface area contributed by atoms with E-state index in [1.54, 1.807) is 18.2 Å². The largest absolute Gasteiger partial charge is 0.494 e. The SMILES string of the molecule is COc1cc(N2CCC(N3C=CN(C4CC4)CC3)CC2)c(NC(=O)CCS)cc1Nc1cc(N2OCC[C@@H]2c2cc(F)cc(F)c2)ncn1. The van der Waals surface area contributed by atoms with Gasteiger partial charge in [-0.25, -0.2) is 23.8 Å². The van der Waals surface area contributed by atoms with Crippen molar-refractivity contribution in [3.63, 3.8) is 0 Å². The Morgan fingerprint density at radius 3 is 2.29 bits per heavy atom. The molecule has 7 rings (SSSR count). The summed E-state index contributed by atoms with van der Waals surface area (Å²) in [7, 11) is 1.61. The number of hydroxylamine groups is 1. The predicted octanol–water partition coefficient (Wildman–Crippen LogP) is 5.87. The number of halogens is 2. The van der Waals surface area contributed by atoms with E-state index >= 15 is 0 Å². The molecule has 14 heteroatoms. The number of nitrogens with zero attached hydrogens (tertiary/aromatic N) is 6. The lowest BCUT2D eigenvalue weighted by molar-refractivity contribution is -0.115. The number of methoxy groups -OCH3 is 1. The zero-order chi connectivity index (χ0) is 33.9. The Kier molecular flexibility index (Phi) is 9.94. The summed E-state index contributed by atoms with van der Waals surface area (Å²) in [5.74, 6) is 0.450. The van der Waals surface area contributed by atoms with Crippen LogP contribution in [0.5, 0.6) is 5.75 Å². The summed E-state index contributed by atoms with van der Waals surface area (Å²) in [4.78, 5) is 34.8. The van der Waals surface area contributed by atoms with Crippen molar-refractivity contribution in [2.24, 2.45) is 0 Å². The highest BCUT2D eigenvalue weighted by Gasteiger charge is 2.32. The van der Waals surface area contributed by atoms with E-state index < -0.39 is 17.7 Å². The van der Waals surface area contributed by atoms with Gasteiger partial charge in [0.1, 0.15) is 29.5 Å². The molecule has 0 radical (unpaired) electrons.